The van der Waals surface area contributed by atoms with Crippen LogP contribution in [0.1, 0.15) is 46.5 Å². The highest BCUT2D eigenvalue weighted by Crippen LogP contribution is 2.38. The van der Waals surface area contributed by atoms with Gasteiger partial charge in [0.25, 0.3) is 5.91 Å². The Morgan fingerprint density at radius 3 is 2.71 bits per heavy atom. The van der Waals surface area contributed by atoms with Crippen molar-refractivity contribution in [3.8, 4) is 0 Å². The molecule has 1 atom stereocenters. The normalized spacial score (nSPS) is 23.8. The fraction of sp³-hybridized carbons (Fsp3) is 0.500. The van der Waals surface area contributed by atoms with Crippen LogP contribution < -0.4 is 4.90 Å². The molecule has 148 valence electrons. The molecule has 4 heterocycles. The number of anilines is 1. The maximum atomic E-state index is 12.9. The highest BCUT2D eigenvalue weighted by Gasteiger charge is 2.39. The molecule has 0 spiro atoms. The topological polar surface area (TPSA) is 62.7 Å². The molecule has 1 amide bonds. The molecular weight excluding hydrogens is 354 g/mol. The molecule has 2 saturated heterocycles. The number of allylic oxidation sites excluding steroid dienone is 2. The van der Waals surface area contributed by atoms with Crippen molar-refractivity contribution in [2.75, 3.05) is 18.0 Å². The monoisotopic (exact) mass is 381 g/mol. The van der Waals surface area contributed by atoms with Gasteiger partial charge in [-0.05, 0) is 70.2 Å². The average molecular weight is 381 g/mol. The van der Waals surface area contributed by atoms with Gasteiger partial charge in [0.05, 0.1) is 11.9 Å². The van der Waals surface area contributed by atoms with Gasteiger partial charge in [0.1, 0.15) is 11.3 Å². The van der Waals surface area contributed by atoms with Crippen LogP contribution in [-0.4, -0.2) is 46.5 Å². The summed E-state index contributed by atoms with van der Waals surface area (Å²) >= 11 is 0. The number of rotatable bonds is 3. The van der Waals surface area contributed by atoms with Gasteiger partial charge in [-0.1, -0.05) is 0 Å². The number of hydrogen-bond donors (Lipinski definition) is 0. The zero-order valence-corrected chi connectivity index (χ0v) is 16.8. The summed E-state index contributed by atoms with van der Waals surface area (Å²) in [4.78, 5) is 33.8. The summed E-state index contributed by atoms with van der Waals surface area (Å²) in [7, 11) is 0. The maximum Gasteiger partial charge on any atom is 0.355 e. The number of hydrogen-bond acceptors (Lipinski definition) is 5. The van der Waals surface area contributed by atoms with Gasteiger partial charge in [-0.15, -0.1) is 0 Å². The third-order valence-electron chi connectivity index (χ3n) is 5.51. The number of pyridine rings is 1. The summed E-state index contributed by atoms with van der Waals surface area (Å²) in [6.07, 6.45) is 8.95. The standard InChI is InChI=1S/C22H27N3O3/c1-22(2,3)28-21(27)19-15(6-7-17-9-12-24(17)19)13-16-8-11-25(20(16)26)18-5-4-10-23-14-18/h4-5,10,13-14,17H,6-9,11-12H2,1-3H3. The summed E-state index contributed by atoms with van der Waals surface area (Å²) in [6.45, 7) is 7.16. The third-order valence-corrected chi connectivity index (χ3v) is 5.51. The molecule has 0 radical (unpaired) electrons. The highest BCUT2D eigenvalue weighted by atomic mass is 16.6. The van der Waals surface area contributed by atoms with Crippen molar-refractivity contribution in [2.45, 2.75) is 58.1 Å². The molecule has 0 saturated carbocycles. The van der Waals surface area contributed by atoms with Crippen LogP contribution in [0.25, 0.3) is 0 Å². The minimum absolute atomic E-state index is 0.00484. The quantitative estimate of drug-likeness (QED) is 0.594. The first-order chi connectivity index (χ1) is 13.3. The van der Waals surface area contributed by atoms with Crippen molar-refractivity contribution in [2.24, 2.45) is 0 Å². The van der Waals surface area contributed by atoms with Crippen molar-refractivity contribution in [1.82, 2.24) is 9.88 Å². The van der Waals surface area contributed by atoms with Gasteiger partial charge in [0, 0.05) is 30.9 Å². The Hall–Kier alpha value is -2.63. The molecule has 4 rings (SSSR count). The SMILES string of the molecule is CC(C)(C)OC(=O)C1=C(C=C2CCN(c3cccnc3)C2=O)CCC2CCN12. The Bertz CT molecular complexity index is 852. The Balaban J connectivity index is 1.64. The molecule has 3 aliphatic heterocycles. The number of carbonyl (C=O) groups is 2. The predicted octanol–water partition coefficient (Wildman–Crippen LogP) is 3.21. The maximum absolute atomic E-state index is 12.9. The molecule has 0 N–H and O–H groups in total. The van der Waals surface area contributed by atoms with Crippen molar-refractivity contribution in [3.63, 3.8) is 0 Å². The lowest BCUT2D eigenvalue weighted by molar-refractivity contribution is -0.153. The number of amides is 1. The summed E-state index contributed by atoms with van der Waals surface area (Å²) < 4.78 is 5.67. The zero-order valence-electron chi connectivity index (χ0n) is 16.8. The smallest absolute Gasteiger partial charge is 0.355 e. The van der Waals surface area contributed by atoms with Gasteiger partial charge in [-0.3, -0.25) is 9.78 Å². The summed E-state index contributed by atoms with van der Waals surface area (Å²) in [6, 6.07) is 4.15. The number of fused-ring (bicyclic) bond motifs is 1. The minimum Gasteiger partial charge on any atom is -0.455 e. The van der Waals surface area contributed by atoms with Crippen molar-refractivity contribution >= 4 is 17.6 Å². The second-order valence-corrected chi connectivity index (χ2v) is 8.64. The van der Waals surface area contributed by atoms with Crippen LogP contribution in [-0.2, 0) is 14.3 Å². The van der Waals surface area contributed by atoms with Gasteiger partial charge in [0.15, 0.2) is 0 Å². The lowest BCUT2D eigenvalue weighted by Gasteiger charge is -2.47. The first-order valence-electron chi connectivity index (χ1n) is 9.99. The van der Waals surface area contributed by atoms with E-state index < -0.39 is 5.60 Å². The molecule has 28 heavy (non-hydrogen) atoms. The number of nitrogens with zero attached hydrogens (tertiary/aromatic N) is 3. The van der Waals surface area contributed by atoms with Gasteiger partial charge >= 0.3 is 5.97 Å². The van der Waals surface area contributed by atoms with E-state index in [2.05, 4.69) is 9.88 Å². The van der Waals surface area contributed by atoms with E-state index in [1.54, 1.807) is 17.3 Å². The van der Waals surface area contributed by atoms with E-state index in [0.29, 0.717) is 24.7 Å². The number of esters is 1. The van der Waals surface area contributed by atoms with Crippen LogP contribution in [0.3, 0.4) is 0 Å². The summed E-state index contributed by atoms with van der Waals surface area (Å²) in [5, 5.41) is 0. The lowest BCUT2D eigenvalue weighted by atomic mass is 9.87. The Kier molecular flexibility index (Phi) is 4.73. The molecule has 3 aliphatic rings. The molecule has 1 aromatic heterocycles. The average Bonchev–Trinajstić information content (AvgIpc) is 2.97. The van der Waals surface area contributed by atoms with Gasteiger partial charge < -0.3 is 14.5 Å². The molecule has 0 aromatic carbocycles. The minimum atomic E-state index is -0.541. The number of carbonyl (C=O) groups excluding carboxylic acids is 2. The summed E-state index contributed by atoms with van der Waals surface area (Å²) in [5.74, 6) is -0.284. The van der Waals surface area contributed by atoms with Crippen molar-refractivity contribution in [3.05, 3.63) is 47.4 Å². The Morgan fingerprint density at radius 1 is 1.25 bits per heavy atom. The predicted molar refractivity (Wildman–Crippen MR) is 107 cm³/mol. The van der Waals surface area contributed by atoms with Crippen LogP contribution in [0, 0.1) is 0 Å². The largest absolute Gasteiger partial charge is 0.455 e. The molecule has 1 unspecified atom stereocenters. The van der Waals surface area contributed by atoms with Gasteiger partial charge in [0.2, 0.25) is 0 Å². The molecular formula is C22H27N3O3. The van der Waals surface area contributed by atoms with Gasteiger partial charge in [-0.25, -0.2) is 4.79 Å². The molecule has 2 fully saturated rings. The molecule has 6 nitrogen and oxygen atoms in total. The third kappa shape index (κ3) is 3.55. The van der Waals surface area contributed by atoms with Crippen molar-refractivity contribution in [1.29, 1.82) is 0 Å². The number of aromatic nitrogens is 1. The fourth-order valence-corrected chi connectivity index (χ4v) is 4.09. The number of ether oxygens (including phenoxy) is 1. The first kappa shape index (κ1) is 18.7. The molecule has 0 aliphatic carbocycles. The lowest BCUT2D eigenvalue weighted by Crippen LogP contribution is -2.51. The Morgan fingerprint density at radius 2 is 2.07 bits per heavy atom. The van der Waals surface area contributed by atoms with Crippen LogP contribution >= 0.6 is 0 Å². The van der Waals surface area contributed by atoms with E-state index in [1.807, 2.05) is 39.0 Å². The van der Waals surface area contributed by atoms with E-state index in [9.17, 15) is 9.59 Å². The Labute approximate surface area is 165 Å². The van der Waals surface area contributed by atoms with E-state index in [0.717, 1.165) is 42.6 Å². The molecule has 1 aromatic rings. The first-order valence-corrected chi connectivity index (χ1v) is 9.99. The van der Waals surface area contributed by atoms with Crippen LogP contribution in [0.15, 0.2) is 47.4 Å². The summed E-state index contributed by atoms with van der Waals surface area (Å²) in [5.41, 5.74) is 2.60. The second-order valence-electron chi connectivity index (χ2n) is 8.64. The molecule has 0 bridgehead atoms. The zero-order chi connectivity index (χ0) is 19.9. The van der Waals surface area contributed by atoms with Crippen LogP contribution in [0.5, 0.6) is 0 Å². The second kappa shape index (κ2) is 7.08. The fourth-order valence-electron chi connectivity index (χ4n) is 4.09. The van der Waals surface area contributed by atoms with E-state index >= 15 is 0 Å². The van der Waals surface area contributed by atoms with Crippen LogP contribution in [0.4, 0.5) is 5.69 Å². The van der Waals surface area contributed by atoms with E-state index in [1.165, 1.54) is 0 Å². The highest BCUT2D eigenvalue weighted by molar-refractivity contribution is 6.08. The van der Waals surface area contributed by atoms with E-state index in [-0.39, 0.29) is 11.9 Å². The van der Waals surface area contributed by atoms with Crippen LogP contribution in [0.2, 0.25) is 0 Å². The van der Waals surface area contributed by atoms with Gasteiger partial charge in [-0.2, -0.15) is 0 Å². The van der Waals surface area contributed by atoms with Crippen molar-refractivity contribution < 1.29 is 14.3 Å². The molecule has 6 heteroatoms. The van der Waals surface area contributed by atoms with E-state index in [4.69, 9.17) is 4.74 Å².